The molecular formula is C22H40N2O13S. The van der Waals surface area contributed by atoms with Crippen molar-refractivity contribution in [1.29, 1.82) is 0 Å². The summed E-state index contributed by atoms with van der Waals surface area (Å²) in [6, 6.07) is 0. The van der Waals surface area contributed by atoms with Crippen LogP contribution in [0.4, 0.5) is 0 Å². The number of nitrogens with zero attached hydrogens (tertiary/aromatic N) is 1. The summed E-state index contributed by atoms with van der Waals surface area (Å²) in [5.41, 5.74) is 0. The highest BCUT2D eigenvalue weighted by Crippen LogP contribution is 2.24. The normalized spacial score (nSPS) is 27.0. The Morgan fingerprint density at radius 3 is 2.42 bits per heavy atom. The minimum atomic E-state index is -1.96. The first-order valence-corrected chi connectivity index (χ1v) is 13.3. The van der Waals surface area contributed by atoms with E-state index in [0.717, 1.165) is 18.6 Å². The van der Waals surface area contributed by atoms with Crippen molar-refractivity contribution in [2.45, 2.75) is 81.3 Å². The largest absolute Gasteiger partial charge is 0.394 e. The fraction of sp³-hybridized carbons (Fsp3) is 0.864. The number of carbonyl (C=O) groups is 2. The molecule has 0 aromatic heterocycles. The molecule has 15 nitrogen and oxygen atoms in total. The maximum absolute atomic E-state index is 11.8. The Kier molecular flexibility index (Phi) is 17.1. The van der Waals surface area contributed by atoms with Crippen LogP contribution in [0.15, 0.2) is 5.16 Å². The van der Waals surface area contributed by atoms with Crippen molar-refractivity contribution in [3.8, 4) is 0 Å². The van der Waals surface area contributed by atoms with Crippen molar-refractivity contribution in [3.63, 3.8) is 0 Å². The number of hydrogen-bond donors (Lipinski definition) is 9. The molecule has 1 saturated heterocycles. The van der Waals surface area contributed by atoms with E-state index in [-0.39, 0.29) is 5.78 Å². The van der Waals surface area contributed by atoms with Crippen LogP contribution in [0.1, 0.15) is 26.2 Å². The van der Waals surface area contributed by atoms with Crippen LogP contribution in [0, 0.1) is 0 Å². The lowest BCUT2D eigenvalue weighted by atomic mass is 9.98. The zero-order valence-electron chi connectivity index (χ0n) is 21.1. The van der Waals surface area contributed by atoms with E-state index in [2.05, 4.69) is 10.5 Å². The first-order valence-electron chi connectivity index (χ1n) is 12.1. The van der Waals surface area contributed by atoms with Crippen LogP contribution >= 0.6 is 11.8 Å². The molecule has 222 valence electrons. The van der Waals surface area contributed by atoms with E-state index < -0.39 is 80.8 Å². The Bertz CT molecular complexity index is 717. The molecule has 1 rings (SSSR count). The SMILES string of the molecule is CC(=O)CCCCSCCNC(=O)CO/N=C/[C@@H](O)C(O)[C@H](O[C@@H]1OC(CO)[C@H](O)C(O)[C@@H]1O)C(O)CO. The smallest absolute Gasteiger partial charge is 0.260 e. The quantitative estimate of drug-likeness (QED) is 0.0405. The van der Waals surface area contributed by atoms with E-state index in [4.69, 9.17) is 14.3 Å². The number of aliphatic hydroxyl groups excluding tert-OH is 8. The summed E-state index contributed by atoms with van der Waals surface area (Å²) in [7, 11) is 0. The summed E-state index contributed by atoms with van der Waals surface area (Å²) in [6.07, 6.45) is -12.8. The van der Waals surface area contributed by atoms with Gasteiger partial charge in [-0.2, -0.15) is 11.8 Å². The van der Waals surface area contributed by atoms with E-state index in [9.17, 15) is 50.4 Å². The average Bonchev–Trinajstić information content (AvgIpc) is 2.89. The van der Waals surface area contributed by atoms with Gasteiger partial charge in [-0.3, -0.25) is 4.79 Å². The molecule has 9 atom stereocenters. The standard InChI is InChI=1S/C22H40N2O13S/c1-12(27)4-2-3-6-38-7-5-23-16(30)11-35-24-8-13(28)17(31)21(14(29)9-25)37-22-20(34)19(33)18(32)15(10-26)36-22/h8,13-15,17-22,25-26,28-29,31-34H,2-7,9-11H2,1H3,(H,23,30)/b24-8+/t13-,14?,15?,17?,18+,19?,20+,21-,22+/m1/s1. The molecule has 4 unspecified atom stereocenters. The summed E-state index contributed by atoms with van der Waals surface area (Å²) in [5.74, 6) is 1.23. The van der Waals surface area contributed by atoms with Gasteiger partial charge in [0.15, 0.2) is 12.9 Å². The van der Waals surface area contributed by atoms with E-state index in [0.29, 0.717) is 24.9 Å². The van der Waals surface area contributed by atoms with Crippen molar-refractivity contribution in [2.24, 2.45) is 5.16 Å². The van der Waals surface area contributed by atoms with Crippen molar-refractivity contribution >= 4 is 29.7 Å². The molecule has 1 heterocycles. The van der Waals surface area contributed by atoms with Gasteiger partial charge in [-0.05, 0) is 25.5 Å². The fourth-order valence-corrected chi connectivity index (χ4v) is 4.17. The number of ketones is 1. The van der Waals surface area contributed by atoms with Crippen LogP contribution in [0.25, 0.3) is 0 Å². The zero-order valence-corrected chi connectivity index (χ0v) is 21.9. The molecule has 16 heteroatoms. The Hall–Kier alpha value is -1.44. The molecule has 0 aromatic rings. The highest BCUT2D eigenvalue weighted by atomic mass is 32.2. The number of amides is 1. The van der Waals surface area contributed by atoms with Crippen LogP contribution in [0.2, 0.25) is 0 Å². The summed E-state index contributed by atoms with van der Waals surface area (Å²) in [4.78, 5) is 27.4. The van der Waals surface area contributed by atoms with Gasteiger partial charge in [0.1, 0.15) is 54.6 Å². The third-order valence-corrected chi connectivity index (χ3v) is 6.58. The summed E-state index contributed by atoms with van der Waals surface area (Å²) in [6.45, 7) is -0.218. The van der Waals surface area contributed by atoms with Crippen molar-refractivity contribution < 1.29 is 64.8 Å². The monoisotopic (exact) mass is 572 g/mol. The van der Waals surface area contributed by atoms with Crippen molar-refractivity contribution in [3.05, 3.63) is 0 Å². The summed E-state index contributed by atoms with van der Waals surface area (Å²) < 4.78 is 10.4. The molecule has 0 aliphatic carbocycles. The van der Waals surface area contributed by atoms with E-state index in [1.165, 1.54) is 0 Å². The van der Waals surface area contributed by atoms with Gasteiger partial charge in [0, 0.05) is 18.7 Å². The van der Waals surface area contributed by atoms with Crippen molar-refractivity contribution in [2.75, 3.05) is 37.9 Å². The van der Waals surface area contributed by atoms with Gasteiger partial charge in [-0.1, -0.05) is 5.16 Å². The first kappa shape index (κ1) is 34.6. The molecule has 0 aromatic carbocycles. The Morgan fingerprint density at radius 2 is 1.79 bits per heavy atom. The molecule has 0 bridgehead atoms. The topological polar surface area (TPSA) is 248 Å². The van der Waals surface area contributed by atoms with E-state index in [1.54, 1.807) is 18.7 Å². The number of aliphatic hydroxyl groups is 8. The number of thioether (sulfide) groups is 1. The second-order valence-corrected chi connectivity index (χ2v) is 9.90. The molecule has 38 heavy (non-hydrogen) atoms. The van der Waals surface area contributed by atoms with Gasteiger partial charge in [0.25, 0.3) is 5.91 Å². The Morgan fingerprint density at radius 1 is 1.08 bits per heavy atom. The molecule has 0 saturated carbocycles. The third kappa shape index (κ3) is 12.2. The molecule has 1 aliphatic heterocycles. The van der Waals surface area contributed by atoms with E-state index >= 15 is 0 Å². The highest BCUT2D eigenvalue weighted by Gasteiger charge is 2.46. The molecule has 1 aliphatic rings. The predicted molar refractivity (Wildman–Crippen MR) is 133 cm³/mol. The zero-order chi connectivity index (χ0) is 28.7. The van der Waals surface area contributed by atoms with Crippen LogP contribution in [0.5, 0.6) is 0 Å². The second kappa shape index (κ2) is 18.8. The molecule has 1 fully saturated rings. The van der Waals surface area contributed by atoms with Gasteiger partial charge in [0.2, 0.25) is 0 Å². The number of unbranched alkanes of at least 4 members (excludes halogenated alkanes) is 1. The highest BCUT2D eigenvalue weighted by molar-refractivity contribution is 7.99. The van der Waals surface area contributed by atoms with Crippen LogP contribution in [-0.4, -0.2) is 152 Å². The molecule has 0 radical (unpaired) electrons. The first-order chi connectivity index (χ1) is 18.0. The van der Waals surface area contributed by atoms with Gasteiger partial charge < -0.3 is 65.3 Å². The third-order valence-electron chi connectivity index (χ3n) is 5.51. The number of ether oxygens (including phenoxy) is 2. The maximum Gasteiger partial charge on any atom is 0.260 e. The number of hydrogen-bond acceptors (Lipinski definition) is 15. The number of Topliss-reactive ketones (excluding diaryl/α,β-unsaturated/α-hetero) is 1. The minimum Gasteiger partial charge on any atom is -0.394 e. The maximum atomic E-state index is 11.8. The Labute approximate surface area is 224 Å². The molecule has 9 N–H and O–H groups in total. The Balaban J connectivity index is 2.46. The second-order valence-electron chi connectivity index (χ2n) is 8.68. The van der Waals surface area contributed by atoms with Gasteiger partial charge >= 0.3 is 0 Å². The number of rotatable bonds is 19. The summed E-state index contributed by atoms with van der Waals surface area (Å²) in [5, 5.41) is 84.9. The molecule has 0 spiro atoms. The van der Waals surface area contributed by atoms with E-state index in [1.807, 2.05) is 0 Å². The fourth-order valence-electron chi connectivity index (χ4n) is 3.31. The minimum absolute atomic E-state index is 0.163. The molecular weight excluding hydrogens is 532 g/mol. The van der Waals surface area contributed by atoms with Gasteiger partial charge in [-0.25, -0.2) is 0 Å². The van der Waals surface area contributed by atoms with Gasteiger partial charge in [-0.15, -0.1) is 0 Å². The van der Waals surface area contributed by atoms with Crippen LogP contribution < -0.4 is 5.32 Å². The lowest BCUT2D eigenvalue weighted by Gasteiger charge is -2.42. The lowest BCUT2D eigenvalue weighted by Crippen LogP contribution is -2.61. The molecule has 1 amide bonds. The predicted octanol–water partition coefficient (Wildman–Crippen LogP) is -4.14. The van der Waals surface area contributed by atoms with Crippen molar-refractivity contribution in [1.82, 2.24) is 5.32 Å². The summed E-state index contributed by atoms with van der Waals surface area (Å²) >= 11 is 1.63. The lowest BCUT2D eigenvalue weighted by molar-refractivity contribution is -0.326. The number of nitrogens with one attached hydrogen (secondary N) is 1. The average molecular weight is 573 g/mol. The van der Waals surface area contributed by atoms with Crippen LogP contribution in [-0.2, 0) is 23.9 Å². The van der Waals surface area contributed by atoms with Gasteiger partial charge in [0.05, 0.1) is 19.4 Å². The number of carbonyl (C=O) groups excluding carboxylic acids is 2. The number of oxime groups is 1. The van der Waals surface area contributed by atoms with Crippen LogP contribution in [0.3, 0.4) is 0 Å².